The molecule has 0 spiro atoms. The molecule has 0 aliphatic carbocycles. The standard InChI is InChI=1S/C25H28Cl2N4O4S/c1-2-35-24-6-4-19(16-21(24)27)36(33,34)31-13-8-17(9-14-31)25(32)30-12-11-29-22-7-10-28-23-15-18(26)3-5-20(22)23/h3-7,10,15-17H,2,8-9,11-14H2,1H3,(H,28,29)(H,30,32). The highest BCUT2D eigenvalue weighted by atomic mass is 35.5. The second-order valence-electron chi connectivity index (χ2n) is 8.44. The van der Waals surface area contributed by atoms with Gasteiger partial charge in [-0.25, -0.2) is 8.42 Å². The van der Waals surface area contributed by atoms with Crippen LogP contribution in [0.25, 0.3) is 10.9 Å². The molecule has 0 saturated carbocycles. The van der Waals surface area contributed by atoms with Crippen molar-refractivity contribution in [2.45, 2.75) is 24.7 Å². The fourth-order valence-electron chi connectivity index (χ4n) is 4.22. The number of ether oxygens (including phenoxy) is 1. The Morgan fingerprint density at radius 2 is 1.89 bits per heavy atom. The van der Waals surface area contributed by atoms with E-state index in [0.717, 1.165) is 16.6 Å². The number of hydrogen-bond acceptors (Lipinski definition) is 6. The summed E-state index contributed by atoms with van der Waals surface area (Å²) >= 11 is 12.2. The molecule has 3 aromatic rings. The number of hydrogen-bond donors (Lipinski definition) is 2. The van der Waals surface area contributed by atoms with Crippen LogP contribution in [0, 0.1) is 5.92 Å². The second kappa shape index (κ2) is 11.6. The monoisotopic (exact) mass is 550 g/mol. The van der Waals surface area contributed by atoms with E-state index >= 15 is 0 Å². The van der Waals surface area contributed by atoms with Gasteiger partial charge in [-0.05, 0) is 62.2 Å². The smallest absolute Gasteiger partial charge is 0.243 e. The Kier molecular flexibility index (Phi) is 8.56. The summed E-state index contributed by atoms with van der Waals surface area (Å²) in [5, 5.41) is 8.11. The molecule has 192 valence electrons. The SMILES string of the molecule is CCOc1ccc(S(=O)(=O)N2CCC(C(=O)NCCNc3ccnc4cc(Cl)ccc34)CC2)cc1Cl. The number of pyridine rings is 1. The number of aromatic nitrogens is 1. The van der Waals surface area contributed by atoms with Crippen LogP contribution in [0.5, 0.6) is 5.75 Å². The molecule has 1 amide bonds. The predicted octanol–water partition coefficient (Wildman–Crippen LogP) is 4.57. The summed E-state index contributed by atoms with van der Waals surface area (Å²) in [4.78, 5) is 17.1. The van der Waals surface area contributed by atoms with E-state index in [1.54, 1.807) is 18.3 Å². The fourth-order valence-corrected chi connectivity index (χ4v) is 6.19. The molecule has 36 heavy (non-hydrogen) atoms. The molecule has 1 aliphatic heterocycles. The molecule has 0 atom stereocenters. The molecule has 2 aromatic carbocycles. The molecule has 0 bridgehead atoms. The minimum absolute atomic E-state index is 0.0654. The van der Waals surface area contributed by atoms with Crippen LogP contribution in [0.4, 0.5) is 5.69 Å². The van der Waals surface area contributed by atoms with Crippen molar-refractivity contribution >= 4 is 55.7 Å². The Labute approximate surface area is 221 Å². The van der Waals surface area contributed by atoms with E-state index in [2.05, 4.69) is 15.6 Å². The predicted molar refractivity (Wildman–Crippen MR) is 142 cm³/mol. The zero-order valence-corrected chi connectivity index (χ0v) is 22.2. The molecule has 8 nitrogen and oxygen atoms in total. The molecule has 1 saturated heterocycles. The normalized spacial score (nSPS) is 15.1. The molecule has 1 aromatic heterocycles. The van der Waals surface area contributed by atoms with Crippen molar-refractivity contribution in [3.8, 4) is 5.75 Å². The van der Waals surface area contributed by atoms with E-state index < -0.39 is 10.0 Å². The maximum absolute atomic E-state index is 13.0. The van der Waals surface area contributed by atoms with Gasteiger partial charge < -0.3 is 15.4 Å². The molecule has 4 rings (SSSR count). The van der Waals surface area contributed by atoms with E-state index in [9.17, 15) is 13.2 Å². The lowest BCUT2D eigenvalue weighted by Gasteiger charge is -2.30. The Bertz CT molecular complexity index is 1350. The van der Waals surface area contributed by atoms with Gasteiger partial charge in [0.2, 0.25) is 15.9 Å². The third-order valence-corrected chi connectivity index (χ3v) is 8.54. The van der Waals surface area contributed by atoms with Crippen LogP contribution in [0.2, 0.25) is 10.0 Å². The van der Waals surface area contributed by atoms with Gasteiger partial charge in [-0.2, -0.15) is 4.31 Å². The molecule has 1 aliphatic rings. The fraction of sp³-hybridized carbons (Fsp3) is 0.360. The zero-order chi connectivity index (χ0) is 25.7. The van der Waals surface area contributed by atoms with Gasteiger partial charge in [0.15, 0.2) is 0 Å². The van der Waals surface area contributed by atoms with Crippen molar-refractivity contribution < 1.29 is 17.9 Å². The van der Waals surface area contributed by atoms with Gasteiger partial charge in [-0.3, -0.25) is 9.78 Å². The lowest BCUT2D eigenvalue weighted by molar-refractivity contribution is -0.126. The highest BCUT2D eigenvalue weighted by Gasteiger charge is 2.32. The molecular formula is C25H28Cl2N4O4S. The Morgan fingerprint density at radius 1 is 1.11 bits per heavy atom. The second-order valence-corrected chi connectivity index (χ2v) is 11.2. The van der Waals surface area contributed by atoms with E-state index in [-0.39, 0.29) is 34.8 Å². The van der Waals surface area contributed by atoms with Crippen LogP contribution in [0.1, 0.15) is 19.8 Å². The number of nitrogens with one attached hydrogen (secondary N) is 2. The highest BCUT2D eigenvalue weighted by molar-refractivity contribution is 7.89. The van der Waals surface area contributed by atoms with Crippen LogP contribution in [0.15, 0.2) is 53.6 Å². The van der Waals surface area contributed by atoms with E-state index in [4.69, 9.17) is 27.9 Å². The summed E-state index contributed by atoms with van der Waals surface area (Å²) in [5.41, 5.74) is 1.71. The number of amides is 1. The first-order chi connectivity index (χ1) is 17.3. The number of nitrogens with zero attached hydrogens (tertiary/aromatic N) is 2. The quantitative estimate of drug-likeness (QED) is 0.378. The number of fused-ring (bicyclic) bond motifs is 1. The van der Waals surface area contributed by atoms with Gasteiger partial charge in [0, 0.05) is 54.4 Å². The summed E-state index contributed by atoms with van der Waals surface area (Å²) in [6.07, 6.45) is 2.63. The van der Waals surface area contributed by atoms with Gasteiger partial charge in [0.05, 0.1) is 22.0 Å². The van der Waals surface area contributed by atoms with Crippen LogP contribution in [-0.2, 0) is 14.8 Å². The lowest BCUT2D eigenvalue weighted by atomic mass is 9.97. The number of carbonyl (C=O) groups is 1. The Hall–Kier alpha value is -2.59. The minimum atomic E-state index is -3.70. The van der Waals surface area contributed by atoms with Crippen molar-refractivity contribution in [3.05, 3.63) is 58.7 Å². The topological polar surface area (TPSA) is 101 Å². The van der Waals surface area contributed by atoms with E-state index in [1.807, 2.05) is 25.1 Å². The molecule has 2 heterocycles. The number of carbonyl (C=O) groups excluding carboxylic acids is 1. The van der Waals surface area contributed by atoms with Crippen LogP contribution in [0.3, 0.4) is 0 Å². The van der Waals surface area contributed by atoms with Gasteiger partial charge in [0.1, 0.15) is 5.75 Å². The van der Waals surface area contributed by atoms with Crippen molar-refractivity contribution in [1.29, 1.82) is 0 Å². The lowest BCUT2D eigenvalue weighted by Crippen LogP contribution is -2.43. The average Bonchev–Trinajstić information content (AvgIpc) is 2.87. The van der Waals surface area contributed by atoms with Gasteiger partial charge in [-0.15, -0.1) is 0 Å². The van der Waals surface area contributed by atoms with Crippen LogP contribution < -0.4 is 15.4 Å². The Morgan fingerprint density at radius 3 is 2.61 bits per heavy atom. The first-order valence-corrected chi connectivity index (χ1v) is 14.0. The summed E-state index contributed by atoms with van der Waals surface area (Å²) in [5.74, 6) is 0.151. The van der Waals surface area contributed by atoms with Crippen molar-refractivity contribution in [1.82, 2.24) is 14.6 Å². The van der Waals surface area contributed by atoms with Crippen molar-refractivity contribution in [2.24, 2.45) is 5.92 Å². The number of piperidine rings is 1. The van der Waals surface area contributed by atoms with E-state index in [1.165, 1.54) is 16.4 Å². The van der Waals surface area contributed by atoms with Gasteiger partial charge >= 0.3 is 0 Å². The zero-order valence-electron chi connectivity index (χ0n) is 19.8. The van der Waals surface area contributed by atoms with Crippen molar-refractivity contribution in [3.63, 3.8) is 0 Å². The third kappa shape index (κ3) is 6.03. The molecule has 0 unspecified atom stereocenters. The van der Waals surface area contributed by atoms with Crippen molar-refractivity contribution in [2.75, 3.05) is 38.1 Å². The summed E-state index contributed by atoms with van der Waals surface area (Å²) < 4.78 is 32.9. The largest absolute Gasteiger partial charge is 0.492 e. The Balaban J connectivity index is 1.26. The van der Waals surface area contributed by atoms with Crippen LogP contribution in [-0.4, -0.2) is 56.4 Å². The molecule has 1 fully saturated rings. The van der Waals surface area contributed by atoms with Crippen LogP contribution >= 0.6 is 23.2 Å². The van der Waals surface area contributed by atoms with E-state index in [0.29, 0.717) is 43.3 Å². The number of halogens is 2. The first-order valence-electron chi connectivity index (χ1n) is 11.8. The molecule has 11 heteroatoms. The number of anilines is 1. The average molecular weight is 551 g/mol. The number of rotatable bonds is 9. The van der Waals surface area contributed by atoms with Gasteiger partial charge in [0.25, 0.3) is 0 Å². The summed E-state index contributed by atoms with van der Waals surface area (Å²) in [7, 11) is -3.70. The molecule has 2 N–H and O–H groups in total. The molecule has 0 radical (unpaired) electrons. The number of sulfonamides is 1. The highest BCUT2D eigenvalue weighted by Crippen LogP contribution is 2.30. The summed E-state index contributed by atoms with van der Waals surface area (Å²) in [6, 6.07) is 11.9. The first kappa shape index (κ1) is 26.5. The molecular weight excluding hydrogens is 523 g/mol. The summed E-state index contributed by atoms with van der Waals surface area (Å²) in [6.45, 7) is 3.80. The maximum atomic E-state index is 13.0. The third-order valence-electron chi connectivity index (χ3n) is 6.11. The maximum Gasteiger partial charge on any atom is 0.243 e. The van der Waals surface area contributed by atoms with Gasteiger partial charge in [-0.1, -0.05) is 23.2 Å². The number of benzene rings is 2. The minimum Gasteiger partial charge on any atom is -0.492 e.